The highest BCUT2D eigenvalue weighted by Crippen LogP contribution is 2.37. The third-order valence-corrected chi connectivity index (χ3v) is 3.02. The highest BCUT2D eigenvalue weighted by atomic mass is 35.5. The molecule has 0 aliphatic rings. The lowest BCUT2D eigenvalue weighted by Gasteiger charge is -2.12. The summed E-state index contributed by atoms with van der Waals surface area (Å²) in [4.78, 5) is 0. The second kappa shape index (κ2) is 4.22. The minimum absolute atomic E-state index is 0.712. The van der Waals surface area contributed by atoms with Gasteiger partial charge in [0.1, 0.15) is 5.75 Å². The molecule has 0 amide bonds. The Morgan fingerprint density at radius 2 is 2.00 bits per heavy atom. The number of halogens is 1. The van der Waals surface area contributed by atoms with Crippen LogP contribution in [0.3, 0.4) is 0 Å². The fourth-order valence-electron chi connectivity index (χ4n) is 1.93. The molecule has 1 aromatic heterocycles. The molecule has 0 aliphatic carbocycles. The van der Waals surface area contributed by atoms with Gasteiger partial charge in [-0.25, -0.2) is 0 Å². The van der Waals surface area contributed by atoms with Crippen LogP contribution in [-0.4, -0.2) is 11.7 Å². The topological polar surface area (TPSA) is 14.2 Å². The maximum absolute atomic E-state index is 6.25. The van der Waals surface area contributed by atoms with E-state index in [0.717, 1.165) is 17.0 Å². The van der Waals surface area contributed by atoms with Crippen molar-refractivity contribution < 1.29 is 4.74 Å². The van der Waals surface area contributed by atoms with Crippen molar-refractivity contribution in [3.05, 3.63) is 41.0 Å². The monoisotopic (exact) mass is 235 g/mol. The molecule has 1 heterocycles. The van der Waals surface area contributed by atoms with Crippen molar-refractivity contribution in [2.45, 2.75) is 6.92 Å². The van der Waals surface area contributed by atoms with E-state index in [4.69, 9.17) is 16.3 Å². The third-order valence-electron chi connectivity index (χ3n) is 2.71. The van der Waals surface area contributed by atoms with Crippen molar-refractivity contribution in [2.24, 2.45) is 7.05 Å². The summed E-state index contributed by atoms with van der Waals surface area (Å²) in [6, 6.07) is 7.76. The van der Waals surface area contributed by atoms with Crippen LogP contribution in [-0.2, 0) is 7.05 Å². The van der Waals surface area contributed by atoms with Gasteiger partial charge < -0.3 is 9.30 Å². The molecular weight excluding hydrogens is 222 g/mol. The Morgan fingerprint density at radius 3 is 2.56 bits per heavy atom. The van der Waals surface area contributed by atoms with E-state index in [-0.39, 0.29) is 0 Å². The van der Waals surface area contributed by atoms with Gasteiger partial charge in [-0.15, -0.1) is 0 Å². The fraction of sp³-hybridized carbons (Fsp3) is 0.231. The van der Waals surface area contributed by atoms with Gasteiger partial charge in [-0.2, -0.15) is 0 Å². The number of aryl methyl sites for hydroxylation is 2. The van der Waals surface area contributed by atoms with Gasteiger partial charge in [0.25, 0.3) is 0 Å². The summed E-state index contributed by atoms with van der Waals surface area (Å²) in [6.45, 7) is 2.07. The predicted molar refractivity (Wildman–Crippen MR) is 67.1 cm³/mol. The van der Waals surface area contributed by atoms with Crippen molar-refractivity contribution >= 4 is 11.6 Å². The van der Waals surface area contributed by atoms with Crippen molar-refractivity contribution in [2.75, 3.05) is 7.11 Å². The number of ether oxygens (including phenoxy) is 1. The predicted octanol–water partition coefficient (Wildman–Crippen LogP) is 3.66. The van der Waals surface area contributed by atoms with Gasteiger partial charge in [0, 0.05) is 13.2 Å². The summed E-state index contributed by atoms with van der Waals surface area (Å²) in [5.41, 5.74) is 3.24. The SMILES string of the molecule is COc1cccc(Cl)c1-c1c(C)ccn1C. The summed E-state index contributed by atoms with van der Waals surface area (Å²) in [5.74, 6) is 0.803. The molecule has 1 aromatic carbocycles. The van der Waals surface area contributed by atoms with Crippen LogP contribution >= 0.6 is 11.6 Å². The average Bonchev–Trinajstić information content (AvgIpc) is 2.59. The molecule has 2 nitrogen and oxygen atoms in total. The Morgan fingerprint density at radius 1 is 1.25 bits per heavy atom. The van der Waals surface area contributed by atoms with Crippen molar-refractivity contribution in [3.63, 3.8) is 0 Å². The van der Waals surface area contributed by atoms with Crippen LogP contribution < -0.4 is 4.74 Å². The summed E-state index contributed by atoms with van der Waals surface area (Å²) in [7, 11) is 3.67. The number of aromatic nitrogens is 1. The van der Waals surface area contributed by atoms with Gasteiger partial charge in [-0.3, -0.25) is 0 Å². The summed E-state index contributed by atoms with van der Waals surface area (Å²) in [5, 5.41) is 0.712. The second-order valence-electron chi connectivity index (χ2n) is 3.78. The van der Waals surface area contributed by atoms with Crippen LogP contribution in [0.4, 0.5) is 0 Å². The molecule has 0 radical (unpaired) electrons. The lowest BCUT2D eigenvalue weighted by molar-refractivity contribution is 0.416. The number of nitrogens with zero attached hydrogens (tertiary/aromatic N) is 1. The molecule has 16 heavy (non-hydrogen) atoms. The third kappa shape index (κ3) is 1.69. The van der Waals surface area contributed by atoms with E-state index in [2.05, 4.69) is 17.6 Å². The molecule has 0 atom stereocenters. The Bertz CT molecular complexity index is 497. The maximum Gasteiger partial charge on any atom is 0.129 e. The quantitative estimate of drug-likeness (QED) is 0.775. The molecule has 0 fully saturated rings. The summed E-state index contributed by atoms with van der Waals surface area (Å²) < 4.78 is 7.42. The second-order valence-corrected chi connectivity index (χ2v) is 4.18. The molecule has 84 valence electrons. The van der Waals surface area contributed by atoms with Crippen molar-refractivity contribution in [1.82, 2.24) is 4.57 Å². The molecule has 0 saturated carbocycles. The molecule has 2 rings (SSSR count). The van der Waals surface area contributed by atoms with Crippen LogP contribution in [0.25, 0.3) is 11.3 Å². The Labute approximate surface area is 100 Å². The molecule has 0 N–H and O–H groups in total. The molecule has 0 saturated heterocycles. The van der Waals surface area contributed by atoms with E-state index in [0.29, 0.717) is 5.02 Å². The number of methoxy groups -OCH3 is 1. The normalized spacial score (nSPS) is 10.5. The fourth-order valence-corrected chi connectivity index (χ4v) is 2.19. The first-order chi connectivity index (χ1) is 7.65. The zero-order valence-corrected chi connectivity index (χ0v) is 10.4. The van der Waals surface area contributed by atoms with Crippen molar-refractivity contribution in [1.29, 1.82) is 0 Å². The molecule has 0 unspecified atom stereocenters. The highest BCUT2D eigenvalue weighted by molar-refractivity contribution is 6.33. The zero-order chi connectivity index (χ0) is 11.7. The minimum atomic E-state index is 0.712. The minimum Gasteiger partial charge on any atom is -0.496 e. The van der Waals surface area contributed by atoms with Gasteiger partial charge in [0.15, 0.2) is 0 Å². The lowest BCUT2D eigenvalue weighted by Crippen LogP contribution is -1.95. The van der Waals surface area contributed by atoms with E-state index >= 15 is 0 Å². The first kappa shape index (κ1) is 11.1. The molecule has 0 bridgehead atoms. The van der Waals surface area contributed by atoms with Crippen LogP contribution in [0.15, 0.2) is 30.5 Å². The van der Waals surface area contributed by atoms with Crippen LogP contribution in [0.2, 0.25) is 5.02 Å². The molecule has 0 aliphatic heterocycles. The molecular formula is C13H14ClNO. The van der Waals surface area contributed by atoms with Crippen molar-refractivity contribution in [3.8, 4) is 17.0 Å². The summed E-state index contributed by atoms with van der Waals surface area (Å²) in [6.07, 6.45) is 2.02. The standard InChI is InChI=1S/C13H14ClNO/c1-9-7-8-15(2)13(9)12-10(14)5-4-6-11(12)16-3/h4-8H,1-3H3. The Balaban J connectivity index is 2.72. The van der Waals surface area contributed by atoms with Crippen LogP contribution in [0.5, 0.6) is 5.75 Å². The Kier molecular flexibility index (Phi) is 2.92. The van der Waals surface area contributed by atoms with E-state index in [9.17, 15) is 0 Å². The smallest absolute Gasteiger partial charge is 0.129 e. The maximum atomic E-state index is 6.25. The first-order valence-corrected chi connectivity index (χ1v) is 5.47. The molecule has 3 heteroatoms. The number of hydrogen-bond acceptors (Lipinski definition) is 1. The zero-order valence-electron chi connectivity index (χ0n) is 9.62. The van der Waals surface area contributed by atoms with Crippen LogP contribution in [0.1, 0.15) is 5.56 Å². The van der Waals surface area contributed by atoms with Crippen LogP contribution in [0, 0.1) is 6.92 Å². The van der Waals surface area contributed by atoms with E-state index < -0.39 is 0 Å². The molecule has 2 aromatic rings. The van der Waals surface area contributed by atoms with Gasteiger partial charge in [-0.1, -0.05) is 17.7 Å². The van der Waals surface area contributed by atoms with Gasteiger partial charge in [-0.05, 0) is 30.7 Å². The van der Waals surface area contributed by atoms with Gasteiger partial charge in [0.2, 0.25) is 0 Å². The number of rotatable bonds is 2. The van der Waals surface area contributed by atoms with E-state index in [1.807, 2.05) is 31.4 Å². The number of benzene rings is 1. The lowest BCUT2D eigenvalue weighted by atomic mass is 10.1. The molecule has 0 spiro atoms. The largest absolute Gasteiger partial charge is 0.496 e. The number of hydrogen-bond donors (Lipinski definition) is 0. The highest BCUT2D eigenvalue weighted by Gasteiger charge is 2.14. The average molecular weight is 236 g/mol. The van der Waals surface area contributed by atoms with Gasteiger partial charge in [0.05, 0.1) is 23.4 Å². The van der Waals surface area contributed by atoms with E-state index in [1.54, 1.807) is 7.11 Å². The van der Waals surface area contributed by atoms with Gasteiger partial charge >= 0.3 is 0 Å². The first-order valence-electron chi connectivity index (χ1n) is 5.10. The Hall–Kier alpha value is -1.41. The summed E-state index contributed by atoms with van der Waals surface area (Å²) >= 11 is 6.25. The van der Waals surface area contributed by atoms with E-state index in [1.165, 1.54) is 5.56 Å².